The van der Waals surface area contributed by atoms with Crippen LogP contribution in [0.3, 0.4) is 0 Å². The van der Waals surface area contributed by atoms with Crippen LogP contribution in [0.5, 0.6) is 17.2 Å². The standard InChI is InChI=1S/C22H23NO4/c1-4-19(27-18-11-9-15-7-5-6-8-16(15)13-18)22(24)23-17-10-12-20(25-2)21(14-17)26-3/h5-14,19H,4H2,1-3H3,(H,23,24). The number of methoxy groups -OCH3 is 2. The zero-order chi connectivity index (χ0) is 19.2. The molecule has 0 bridgehead atoms. The van der Waals surface area contributed by atoms with Gasteiger partial charge >= 0.3 is 0 Å². The molecule has 3 rings (SSSR count). The van der Waals surface area contributed by atoms with Crippen molar-refractivity contribution >= 4 is 22.4 Å². The van der Waals surface area contributed by atoms with Crippen LogP contribution in [0.1, 0.15) is 13.3 Å². The van der Waals surface area contributed by atoms with Crippen LogP contribution in [-0.4, -0.2) is 26.2 Å². The molecule has 140 valence electrons. The van der Waals surface area contributed by atoms with E-state index in [0.29, 0.717) is 29.4 Å². The number of ether oxygens (including phenoxy) is 3. The lowest BCUT2D eigenvalue weighted by atomic mass is 10.1. The Hall–Kier alpha value is -3.21. The molecule has 1 unspecified atom stereocenters. The van der Waals surface area contributed by atoms with E-state index < -0.39 is 6.10 Å². The van der Waals surface area contributed by atoms with Crippen molar-refractivity contribution in [2.75, 3.05) is 19.5 Å². The first-order valence-electron chi connectivity index (χ1n) is 8.83. The number of carbonyl (C=O) groups is 1. The fourth-order valence-electron chi connectivity index (χ4n) is 2.86. The third kappa shape index (κ3) is 4.31. The Bertz CT molecular complexity index is 938. The van der Waals surface area contributed by atoms with E-state index in [0.717, 1.165) is 10.8 Å². The molecule has 1 N–H and O–H groups in total. The third-order valence-electron chi connectivity index (χ3n) is 4.31. The van der Waals surface area contributed by atoms with Crippen LogP contribution < -0.4 is 19.5 Å². The number of hydrogen-bond donors (Lipinski definition) is 1. The zero-order valence-corrected chi connectivity index (χ0v) is 15.7. The minimum Gasteiger partial charge on any atom is -0.493 e. The van der Waals surface area contributed by atoms with Gasteiger partial charge in [0, 0.05) is 11.8 Å². The molecule has 0 saturated heterocycles. The third-order valence-corrected chi connectivity index (χ3v) is 4.31. The highest BCUT2D eigenvalue weighted by molar-refractivity contribution is 5.94. The molecule has 0 heterocycles. The van der Waals surface area contributed by atoms with Gasteiger partial charge in [-0.3, -0.25) is 4.79 Å². The Balaban J connectivity index is 1.73. The molecular weight excluding hydrogens is 342 g/mol. The number of amides is 1. The van der Waals surface area contributed by atoms with E-state index in [1.165, 1.54) is 0 Å². The van der Waals surface area contributed by atoms with Crippen molar-refractivity contribution in [3.05, 3.63) is 60.7 Å². The summed E-state index contributed by atoms with van der Waals surface area (Å²) in [6.45, 7) is 1.92. The topological polar surface area (TPSA) is 56.8 Å². The number of rotatable bonds is 7. The second-order valence-corrected chi connectivity index (χ2v) is 6.08. The zero-order valence-electron chi connectivity index (χ0n) is 15.7. The quantitative estimate of drug-likeness (QED) is 0.662. The van der Waals surface area contributed by atoms with Crippen molar-refractivity contribution in [3.63, 3.8) is 0 Å². The van der Waals surface area contributed by atoms with Gasteiger partial charge in [0.15, 0.2) is 17.6 Å². The summed E-state index contributed by atoms with van der Waals surface area (Å²) in [5, 5.41) is 5.08. The molecule has 0 aliphatic carbocycles. The molecular formula is C22H23NO4. The van der Waals surface area contributed by atoms with Gasteiger partial charge in [0.05, 0.1) is 14.2 Å². The Morgan fingerprint density at radius 3 is 2.37 bits per heavy atom. The van der Waals surface area contributed by atoms with Gasteiger partial charge in [-0.15, -0.1) is 0 Å². The fraction of sp³-hybridized carbons (Fsp3) is 0.227. The maximum absolute atomic E-state index is 12.7. The first kappa shape index (κ1) is 18.6. The molecule has 3 aromatic carbocycles. The van der Waals surface area contributed by atoms with Crippen molar-refractivity contribution in [3.8, 4) is 17.2 Å². The van der Waals surface area contributed by atoms with Crippen LogP contribution in [0.4, 0.5) is 5.69 Å². The summed E-state index contributed by atoms with van der Waals surface area (Å²) in [6, 6.07) is 19.1. The van der Waals surface area contributed by atoms with Gasteiger partial charge in [-0.1, -0.05) is 37.3 Å². The molecule has 1 atom stereocenters. The normalized spacial score (nSPS) is 11.7. The summed E-state index contributed by atoms with van der Waals surface area (Å²) < 4.78 is 16.4. The maximum Gasteiger partial charge on any atom is 0.265 e. The Labute approximate surface area is 158 Å². The van der Waals surface area contributed by atoms with Gasteiger partial charge in [0.2, 0.25) is 0 Å². The van der Waals surface area contributed by atoms with Gasteiger partial charge in [-0.05, 0) is 41.5 Å². The number of hydrogen-bond acceptors (Lipinski definition) is 4. The van der Waals surface area contributed by atoms with Gasteiger partial charge in [0.1, 0.15) is 5.75 Å². The molecule has 0 spiro atoms. The fourth-order valence-corrected chi connectivity index (χ4v) is 2.86. The Morgan fingerprint density at radius 1 is 0.926 bits per heavy atom. The summed E-state index contributed by atoms with van der Waals surface area (Å²) in [4.78, 5) is 12.7. The predicted octanol–water partition coefficient (Wildman–Crippen LogP) is 4.65. The average Bonchev–Trinajstić information content (AvgIpc) is 2.71. The summed E-state index contributed by atoms with van der Waals surface area (Å²) >= 11 is 0. The lowest BCUT2D eigenvalue weighted by Gasteiger charge is -2.18. The van der Waals surface area contributed by atoms with Crippen LogP contribution >= 0.6 is 0 Å². The lowest BCUT2D eigenvalue weighted by Crippen LogP contribution is -2.32. The number of nitrogens with one attached hydrogen (secondary N) is 1. The minimum atomic E-state index is -0.598. The highest BCUT2D eigenvalue weighted by atomic mass is 16.5. The Morgan fingerprint density at radius 2 is 1.67 bits per heavy atom. The van der Waals surface area contributed by atoms with Crippen molar-refractivity contribution in [2.45, 2.75) is 19.4 Å². The predicted molar refractivity (Wildman–Crippen MR) is 107 cm³/mol. The summed E-state index contributed by atoms with van der Waals surface area (Å²) in [7, 11) is 3.13. The monoisotopic (exact) mass is 365 g/mol. The van der Waals surface area contributed by atoms with Crippen LogP contribution in [0.2, 0.25) is 0 Å². The number of anilines is 1. The first-order chi connectivity index (χ1) is 13.1. The largest absolute Gasteiger partial charge is 0.493 e. The molecule has 5 nitrogen and oxygen atoms in total. The van der Waals surface area contributed by atoms with Crippen LogP contribution in [0, 0.1) is 0 Å². The second kappa shape index (κ2) is 8.45. The highest BCUT2D eigenvalue weighted by Gasteiger charge is 2.19. The SMILES string of the molecule is CCC(Oc1ccc2ccccc2c1)C(=O)Nc1ccc(OC)c(OC)c1. The molecule has 5 heteroatoms. The van der Waals surface area contributed by atoms with E-state index in [4.69, 9.17) is 14.2 Å². The van der Waals surface area contributed by atoms with Crippen molar-refractivity contribution in [2.24, 2.45) is 0 Å². The van der Waals surface area contributed by atoms with Crippen LogP contribution in [0.15, 0.2) is 60.7 Å². The molecule has 0 saturated carbocycles. The van der Waals surface area contributed by atoms with Crippen molar-refractivity contribution < 1.29 is 19.0 Å². The van der Waals surface area contributed by atoms with E-state index >= 15 is 0 Å². The van der Waals surface area contributed by atoms with Gasteiger partial charge in [-0.2, -0.15) is 0 Å². The van der Waals surface area contributed by atoms with Crippen LogP contribution in [0.25, 0.3) is 10.8 Å². The molecule has 1 amide bonds. The van der Waals surface area contributed by atoms with E-state index in [1.807, 2.05) is 49.4 Å². The Kier molecular flexibility index (Phi) is 5.81. The molecule has 3 aromatic rings. The number of benzene rings is 3. The second-order valence-electron chi connectivity index (χ2n) is 6.08. The van der Waals surface area contributed by atoms with E-state index in [-0.39, 0.29) is 5.91 Å². The molecule has 0 radical (unpaired) electrons. The summed E-state index contributed by atoms with van der Waals surface area (Å²) in [5.74, 6) is 1.62. The average molecular weight is 365 g/mol. The smallest absolute Gasteiger partial charge is 0.265 e. The molecule has 0 fully saturated rings. The lowest BCUT2D eigenvalue weighted by molar-refractivity contribution is -0.122. The number of carbonyl (C=O) groups excluding carboxylic acids is 1. The first-order valence-corrected chi connectivity index (χ1v) is 8.83. The van der Waals surface area contributed by atoms with E-state index in [9.17, 15) is 4.79 Å². The van der Waals surface area contributed by atoms with Gasteiger partial charge < -0.3 is 19.5 Å². The van der Waals surface area contributed by atoms with Crippen molar-refractivity contribution in [1.82, 2.24) is 0 Å². The number of fused-ring (bicyclic) bond motifs is 1. The highest BCUT2D eigenvalue weighted by Crippen LogP contribution is 2.30. The summed E-state index contributed by atoms with van der Waals surface area (Å²) in [6.07, 6.45) is -0.0503. The summed E-state index contributed by atoms with van der Waals surface area (Å²) in [5.41, 5.74) is 0.623. The van der Waals surface area contributed by atoms with E-state index in [1.54, 1.807) is 32.4 Å². The van der Waals surface area contributed by atoms with Crippen LogP contribution in [-0.2, 0) is 4.79 Å². The molecule has 0 aliphatic heterocycles. The molecule has 27 heavy (non-hydrogen) atoms. The van der Waals surface area contributed by atoms with Gasteiger partial charge in [0.25, 0.3) is 5.91 Å². The molecule has 0 aliphatic rings. The van der Waals surface area contributed by atoms with Crippen molar-refractivity contribution in [1.29, 1.82) is 0 Å². The van der Waals surface area contributed by atoms with E-state index in [2.05, 4.69) is 5.32 Å². The van der Waals surface area contributed by atoms with Gasteiger partial charge in [-0.25, -0.2) is 0 Å². The maximum atomic E-state index is 12.7. The molecule has 0 aromatic heterocycles. The minimum absolute atomic E-state index is 0.210.